The molecule has 2 aromatic heterocycles. The van der Waals surface area contributed by atoms with E-state index in [1.165, 1.54) is 0 Å². The van der Waals surface area contributed by atoms with Crippen LogP contribution in [-0.2, 0) is 0 Å². The van der Waals surface area contributed by atoms with Crippen molar-refractivity contribution in [3.05, 3.63) is 72.6 Å². The summed E-state index contributed by atoms with van der Waals surface area (Å²) in [6.07, 6.45) is 8.43. The van der Waals surface area contributed by atoms with E-state index in [4.69, 9.17) is 9.97 Å². The summed E-state index contributed by atoms with van der Waals surface area (Å²) in [6, 6.07) is 18.4. The maximum atomic E-state index is 12.3. The molecule has 0 atom stereocenters. The summed E-state index contributed by atoms with van der Waals surface area (Å²) < 4.78 is 2.13. The molecule has 1 N–H and O–H groups in total. The Labute approximate surface area is 192 Å². The predicted molar refractivity (Wildman–Crippen MR) is 130 cm³/mol. The van der Waals surface area contributed by atoms with Crippen molar-refractivity contribution in [1.82, 2.24) is 19.7 Å². The van der Waals surface area contributed by atoms with Crippen LogP contribution in [0.4, 0.5) is 0 Å². The van der Waals surface area contributed by atoms with Gasteiger partial charge >= 0.3 is 0 Å². The Bertz CT molecular complexity index is 1230. The summed E-state index contributed by atoms with van der Waals surface area (Å²) in [4.78, 5) is 22.0. The summed E-state index contributed by atoms with van der Waals surface area (Å²) in [5.74, 6) is 1.02. The molecule has 1 saturated carbocycles. The van der Waals surface area contributed by atoms with Crippen LogP contribution < -0.4 is 5.32 Å². The minimum absolute atomic E-state index is 0.00219. The Balaban J connectivity index is 1.53. The van der Waals surface area contributed by atoms with Gasteiger partial charge in [-0.25, -0.2) is 9.97 Å². The van der Waals surface area contributed by atoms with Crippen LogP contribution in [0.2, 0.25) is 0 Å². The Kier molecular flexibility index (Phi) is 5.95. The van der Waals surface area contributed by atoms with Gasteiger partial charge in [0.1, 0.15) is 5.03 Å². The number of carbonyl (C=O) groups excluding carboxylic acids is 1. The van der Waals surface area contributed by atoms with E-state index in [0.717, 1.165) is 64.6 Å². The maximum Gasteiger partial charge on any atom is 0.251 e. The molecule has 2 aromatic carbocycles. The molecule has 0 unspecified atom stereocenters. The molecule has 0 bridgehead atoms. The predicted octanol–water partition coefficient (Wildman–Crippen LogP) is 5.85. The lowest BCUT2D eigenvalue weighted by Gasteiger charge is -2.10. The number of hydrogen-bond donors (Lipinski definition) is 1. The second-order valence-corrected chi connectivity index (χ2v) is 9.25. The summed E-state index contributed by atoms with van der Waals surface area (Å²) >= 11 is 1.76. The molecule has 6 heteroatoms. The Morgan fingerprint density at radius 2 is 1.88 bits per heavy atom. The largest absolute Gasteiger partial charge is 0.349 e. The Morgan fingerprint density at radius 3 is 2.59 bits per heavy atom. The van der Waals surface area contributed by atoms with Crippen LogP contribution in [0.3, 0.4) is 0 Å². The second-order valence-electron chi connectivity index (χ2n) is 8.16. The first-order valence-corrected chi connectivity index (χ1v) is 12.2. The van der Waals surface area contributed by atoms with E-state index in [1.54, 1.807) is 11.8 Å². The fourth-order valence-corrected chi connectivity index (χ4v) is 4.69. The first kappa shape index (κ1) is 20.8. The standard InChI is InChI=1S/C26H26N4OS/c1-2-3-15-32-26-24-27-16-23(30(24)17-22(29-26)18-7-5-4-6-8-18)19-9-11-20(12-10-19)25(31)28-21-13-14-21/h4-12,16-17,21H,2-3,13-15H2,1H3,(H,28,31). The fraction of sp³-hybridized carbons (Fsp3) is 0.269. The molecule has 0 aliphatic heterocycles. The minimum Gasteiger partial charge on any atom is -0.349 e. The molecule has 0 saturated heterocycles. The first-order valence-electron chi connectivity index (χ1n) is 11.2. The molecule has 5 rings (SSSR count). The third-order valence-corrected chi connectivity index (χ3v) is 6.66. The zero-order valence-electron chi connectivity index (χ0n) is 18.1. The number of aromatic nitrogens is 3. The van der Waals surface area contributed by atoms with E-state index in [0.29, 0.717) is 11.6 Å². The van der Waals surface area contributed by atoms with Gasteiger partial charge in [0.2, 0.25) is 0 Å². The number of amides is 1. The number of fused-ring (bicyclic) bond motifs is 1. The fourth-order valence-electron chi connectivity index (χ4n) is 3.62. The topological polar surface area (TPSA) is 59.3 Å². The Morgan fingerprint density at radius 1 is 1.09 bits per heavy atom. The summed E-state index contributed by atoms with van der Waals surface area (Å²) in [5, 5.41) is 3.99. The molecule has 0 radical (unpaired) electrons. The van der Waals surface area contributed by atoms with Crippen LogP contribution >= 0.6 is 11.8 Å². The van der Waals surface area contributed by atoms with Crippen molar-refractivity contribution in [2.75, 3.05) is 5.75 Å². The monoisotopic (exact) mass is 442 g/mol. The SMILES string of the molecule is CCCCSc1nc(-c2ccccc2)cn2c(-c3ccc(C(=O)NC4CC4)cc3)cnc12. The van der Waals surface area contributed by atoms with Gasteiger partial charge in [0, 0.05) is 28.9 Å². The molecular weight excluding hydrogens is 416 g/mol. The highest BCUT2D eigenvalue weighted by Gasteiger charge is 2.23. The number of carbonyl (C=O) groups is 1. The van der Waals surface area contributed by atoms with Crippen LogP contribution in [0, 0.1) is 0 Å². The summed E-state index contributed by atoms with van der Waals surface area (Å²) in [6.45, 7) is 2.20. The lowest BCUT2D eigenvalue weighted by atomic mass is 10.1. The maximum absolute atomic E-state index is 12.3. The Hall–Kier alpha value is -3.12. The zero-order valence-corrected chi connectivity index (χ0v) is 18.9. The average Bonchev–Trinajstić information content (AvgIpc) is 3.54. The van der Waals surface area contributed by atoms with Gasteiger partial charge in [-0.2, -0.15) is 0 Å². The highest BCUT2D eigenvalue weighted by Crippen LogP contribution is 2.30. The van der Waals surface area contributed by atoms with Crippen LogP contribution in [-0.4, -0.2) is 32.1 Å². The van der Waals surface area contributed by atoms with E-state index in [1.807, 2.05) is 48.7 Å². The molecule has 1 amide bonds. The average molecular weight is 443 g/mol. The number of benzene rings is 2. The lowest BCUT2D eigenvalue weighted by Crippen LogP contribution is -2.25. The van der Waals surface area contributed by atoms with E-state index in [9.17, 15) is 4.79 Å². The van der Waals surface area contributed by atoms with Gasteiger partial charge in [0.25, 0.3) is 5.91 Å². The van der Waals surface area contributed by atoms with Gasteiger partial charge in [-0.3, -0.25) is 9.20 Å². The molecule has 2 heterocycles. The van der Waals surface area contributed by atoms with Crippen LogP contribution in [0.25, 0.3) is 28.2 Å². The summed E-state index contributed by atoms with van der Waals surface area (Å²) in [5.41, 5.74) is 5.59. The van der Waals surface area contributed by atoms with Crippen molar-refractivity contribution in [3.63, 3.8) is 0 Å². The van der Waals surface area contributed by atoms with Crippen LogP contribution in [0.5, 0.6) is 0 Å². The van der Waals surface area contributed by atoms with Crippen LogP contribution in [0.1, 0.15) is 43.0 Å². The van der Waals surface area contributed by atoms with Gasteiger partial charge in [-0.15, -0.1) is 11.8 Å². The number of nitrogens with one attached hydrogen (secondary N) is 1. The number of unbranched alkanes of at least 4 members (excludes halogenated alkanes) is 1. The lowest BCUT2D eigenvalue weighted by molar-refractivity contribution is 0.0951. The smallest absolute Gasteiger partial charge is 0.251 e. The normalized spacial score (nSPS) is 13.4. The molecule has 1 aliphatic rings. The van der Waals surface area contributed by atoms with Gasteiger partial charge in [-0.1, -0.05) is 55.8 Å². The molecule has 4 aromatic rings. The van der Waals surface area contributed by atoms with Crippen molar-refractivity contribution >= 4 is 23.3 Å². The van der Waals surface area contributed by atoms with E-state index in [-0.39, 0.29) is 5.91 Å². The molecule has 0 spiro atoms. The highest BCUT2D eigenvalue weighted by atomic mass is 32.2. The number of hydrogen-bond acceptors (Lipinski definition) is 4. The molecular formula is C26H26N4OS. The van der Waals surface area contributed by atoms with Crippen LogP contribution in [0.15, 0.2) is 72.0 Å². The van der Waals surface area contributed by atoms with Gasteiger partial charge in [-0.05, 0) is 37.1 Å². The zero-order chi connectivity index (χ0) is 21.9. The number of thioether (sulfide) groups is 1. The molecule has 1 aliphatic carbocycles. The van der Waals surface area contributed by atoms with E-state index < -0.39 is 0 Å². The summed E-state index contributed by atoms with van der Waals surface area (Å²) in [7, 11) is 0. The third-order valence-electron chi connectivity index (χ3n) is 5.62. The molecule has 5 nitrogen and oxygen atoms in total. The number of rotatable bonds is 8. The van der Waals surface area contributed by atoms with Crippen molar-refractivity contribution in [2.24, 2.45) is 0 Å². The van der Waals surface area contributed by atoms with Gasteiger partial charge in [0.15, 0.2) is 5.65 Å². The second kappa shape index (κ2) is 9.17. The molecule has 1 fully saturated rings. The van der Waals surface area contributed by atoms with Crippen molar-refractivity contribution in [3.8, 4) is 22.5 Å². The number of imidazole rings is 1. The van der Waals surface area contributed by atoms with Gasteiger partial charge in [0.05, 0.1) is 17.6 Å². The molecule has 32 heavy (non-hydrogen) atoms. The van der Waals surface area contributed by atoms with E-state index in [2.05, 4.69) is 35.0 Å². The van der Waals surface area contributed by atoms with E-state index >= 15 is 0 Å². The first-order chi connectivity index (χ1) is 15.7. The minimum atomic E-state index is 0.00219. The highest BCUT2D eigenvalue weighted by molar-refractivity contribution is 7.99. The van der Waals surface area contributed by atoms with Gasteiger partial charge < -0.3 is 5.32 Å². The van der Waals surface area contributed by atoms with Crippen molar-refractivity contribution in [1.29, 1.82) is 0 Å². The molecule has 162 valence electrons. The number of nitrogens with zero attached hydrogens (tertiary/aromatic N) is 3. The quantitative estimate of drug-likeness (QED) is 0.275. The van der Waals surface area contributed by atoms with Crippen molar-refractivity contribution in [2.45, 2.75) is 43.7 Å². The van der Waals surface area contributed by atoms with Crippen molar-refractivity contribution < 1.29 is 4.79 Å². The third kappa shape index (κ3) is 4.41.